The van der Waals surface area contributed by atoms with E-state index < -0.39 is 0 Å². The molecule has 28 heavy (non-hydrogen) atoms. The Labute approximate surface area is 169 Å². The molecule has 2 N–H and O–H groups in total. The Bertz CT molecular complexity index is 892. The largest absolute Gasteiger partial charge is 0.330 e. The predicted molar refractivity (Wildman–Crippen MR) is 109 cm³/mol. The van der Waals surface area contributed by atoms with E-state index in [1.165, 1.54) is 0 Å². The second-order valence-corrected chi connectivity index (χ2v) is 7.05. The second kappa shape index (κ2) is 9.03. The Balaban J connectivity index is 1.72. The van der Waals surface area contributed by atoms with Crippen LogP contribution >= 0.6 is 11.6 Å². The number of halogens is 1. The number of imidazole rings is 1. The highest BCUT2D eigenvalue weighted by atomic mass is 35.5. The average molecular weight is 402 g/mol. The minimum atomic E-state index is -0.274. The lowest BCUT2D eigenvalue weighted by molar-refractivity contribution is -0.128. The molecular formula is C20H24ClN5O2. The summed E-state index contributed by atoms with van der Waals surface area (Å²) in [6.45, 7) is 6.39. The number of para-hydroxylation sites is 1. The highest BCUT2D eigenvalue weighted by Crippen LogP contribution is 2.25. The van der Waals surface area contributed by atoms with Crippen LogP contribution < -0.4 is 10.6 Å². The smallest absolute Gasteiger partial charge is 0.273 e. The minimum Gasteiger partial charge on any atom is -0.330 e. The van der Waals surface area contributed by atoms with Crippen LogP contribution in [0.4, 0.5) is 5.69 Å². The van der Waals surface area contributed by atoms with Gasteiger partial charge in [-0.1, -0.05) is 36.7 Å². The fraction of sp³-hybridized carbons (Fsp3) is 0.350. The lowest BCUT2D eigenvalue weighted by atomic mass is 10.2. The third kappa shape index (κ3) is 4.43. The third-order valence-corrected chi connectivity index (χ3v) is 4.90. The summed E-state index contributed by atoms with van der Waals surface area (Å²) in [7, 11) is 0. The molecule has 1 aromatic heterocycles. The molecular weight excluding hydrogens is 378 g/mol. The van der Waals surface area contributed by atoms with Crippen LogP contribution in [0.5, 0.6) is 0 Å². The van der Waals surface area contributed by atoms with Crippen molar-refractivity contribution in [2.45, 2.75) is 26.4 Å². The number of nitrogens with one attached hydrogen (secondary N) is 2. The number of aromatic nitrogens is 2. The first-order valence-electron chi connectivity index (χ1n) is 9.29. The molecule has 7 nitrogen and oxygen atoms in total. The Morgan fingerprint density at radius 2 is 2.14 bits per heavy atom. The fourth-order valence-corrected chi connectivity index (χ4v) is 3.40. The lowest BCUT2D eigenvalue weighted by Gasteiger charge is -2.32. The molecule has 0 aliphatic carbocycles. The van der Waals surface area contributed by atoms with Gasteiger partial charge < -0.3 is 20.1 Å². The van der Waals surface area contributed by atoms with Crippen molar-refractivity contribution in [1.82, 2.24) is 19.8 Å². The van der Waals surface area contributed by atoms with Gasteiger partial charge in [0.05, 0.1) is 29.5 Å². The van der Waals surface area contributed by atoms with Crippen LogP contribution in [-0.4, -0.2) is 45.9 Å². The zero-order valence-corrected chi connectivity index (χ0v) is 16.7. The van der Waals surface area contributed by atoms with Crippen molar-refractivity contribution < 1.29 is 9.59 Å². The molecule has 1 aromatic carbocycles. The summed E-state index contributed by atoms with van der Waals surface area (Å²) in [5.41, 5.74) is 1.01. The van der Waals surface area contributed by atoms with Crippen molar-refractivity contribution in [1.29, 1.82) is 0 Å². The van der Waals surface area contributed by atoms with Gasteiger partial charge in [-0.15, -0.1) is 0 Å². The van der Waals surface area contributed by atoms with Crippen molar-refractivity contribution >= 4 is 29.1 Å². The van der Waals surface area contributed by atoms with Crippen LogP contribution in [0.1, 0.15) is 36.2 Å². The molecule has 3 rings (SSSR count). The van der Waals surface area contributed by atoms with E-state index in [9.17, 15) is 9.59 Å². The molecule has 1 aliphatic rings. The quantitative estimate of drug-likeness (QED) is 0.576. The van der Waals surface area contributed by atoms with Gasteiger partial charge in [0.15, 0.2) is 0 Å². The average Bonchev–Trinajstić information content (AvgIpc) is 3.11. The highest BCUT2D eigenvalue weighted by molar-refractivity contribution is 6.33. The van der Waals surface area contributed by atoms with Crippen molar-refractivity contribution in [3.8, 4) is 0 Å². The van der Waals surface area contributed by atoms with E-state index >= 15 is 0 Å². The van der Waals surface area contributed by atoms with E-state index in [-0.39, 0.29) is 17.9 Å². The Morgan fingerprint density at radius 3 is 2.89 bits per heavy atom. The van der Waals surface area contributed by atoms with Crippen LogP contribution in [0.25, 0.3) is 0 Å². The molecule has 0 unspecified atom stereocenters. The summed E-state index contributed by atoms with van der Waals surface area (Å²) < 4.78 is 1.89. The third-order valence-electron chi connectivity index (χ3n) is 4.57. The molecule has 0 saturated heterocycles. The molecule has 148 valence electrons. The number of anilines is 1. The molecule has 2 heterocycles. The van der Waals surface area contributed by atoms with Crippen LogP contribution in [-0.2, 0) is 11.3 Å². The van der Waals surface area contributed by atoms with Crippen LogP contribution in [0.15, 0.2) is 42.6 Å². The minimum absolute atomic E-state index is 0.0546. The molecule has 0 spiro atoms. The monoisotopic (exact) mass is 401 g/mol. The van der Waals surface area contributed by atoms with Gasteiger partial charge in [-0.05, 0) is 25.6 Å². The Kier molecular flexibility index (Phi) is 6.49. The van der Waals surface area contributed by atoms with E-state index in [1.807, 2.05) is 30.6 Å². The number of rotatable bonds is 6. The zero-order valence-electron chi connectivity index (χ0n) is 16.0. The van der Waals surface area contributed by atoms with Crippen molar-refractivity contribution in [3.05, 3.63) is 59.2 Å². The molecule has 2 aromatic rings. The standard InChI is InChI=1S/C20H24ClN5O2/c1-3-22-10-6-9-19(27)25-12-14(2)26-17(11-23-18(26)13-25)20(28)24-16-8-5-4-7-15(16)21/h4-9,11,14,22H,3,10,12-13H2,1-2H3,(H,24,28)/b9-6+/t14-/m1/s1. The van der Waals surface area contributed by atoms with E-state index in [0.29, 0.717) is 41.9 Å². The van der Waals surface area contributed by atoms with E-state index in [1.54, 1.807) is 35.4 Å². The van der Waals surface area contributed by atoms with E-state index in [4.69, 9.17) is 11.6 Å². The number of amides is 2. The van der Waals surface area contributed by atoms with Crippen LogP contribution in [0, 0.1) is 0 Å². The van der Waals surface area contributed by atoms with E-state index in [0.717, 1.165) is 6.54 Å². The number of hydrogen-bond acceptors (Lipinski definition) is 4. The molecule has 1 aliphatic heterocycles. The van der Waals surface area contributed by atoms with Crippen molar-refractivity contribution in [3.63, 3.8) is 0 Å². The molecule has 0 radical (unpaired) electrons. The van der Waals surface area contributed by atoms with E-state index in [2.05, 4.69) is 15.6 Å². The van der Waals surface area contributed by atoms with Crippen LogP contribution in [0.3, 0.4) is 0 Å². The topological polar surface area (TPSA) is 79.3 Å². The summed E-state index contributed by atoms with van der Waals surface area (Å²) in [4.78, 5) is 31.3. The van der Waals surface area contributed by atoms with Gasteiger partial charge >= 0.3 is 0 Å². The van der Waals surface area contributed by atoms with Crippen molar-refractivity contribution in [2.75, 3.05) is 25.0 Å². The first-order valence-corrected chi connectivity index (χ1v) is 9.67. The zero-order chi connectivity index (χ0) is 20.1. The maximum atomic E-state index is 12.7. The number of hydrogen-bond donors (Lipinski definition) is 2. The van der Waals surface area contributed by atoms with Gasteiger partial charge in [0.25, 0.3) is 5.91 Å². The molecule has 0 bridgehead atoms. The molecule has 0 fully saturated rings. The van der Waals surface area contributed by atoms with Crippen molar-refractivity contribution in [2.24, 2.45) is 0 Å². The molecule has 1 atom stereocenters. The Morgan fingerprint density at radius 1 is 1.36 bits per heavy atom. The molecule has 8 heteroatoms. The summed E-state index contributed by atoms with van der Waals surface area (Å²) in [6, 6.07) is 7.02. The van der Waals surface area contributed by atoms with Gasteiger partial charge in [0, 0.05) is 19.2 Å². The van der Waals surface area contributed by atoms with Gasteiger partial charge in [0.2, 0.25) is 5.91 Å². The summed E-state index contributed by atoms with van der Waals surface area (Å²) in [6.07, 6.45) is 4.95. The first kappa shape index (κ1) is 20.1. The first-order chi connectivity index (χ1) is 13.5. The Hall–Kier alpha value is -2.64. The number of nitrogens with zero attached hydrogens (tertiary/aromatic N) is 3. The number of likely N-dealkylation sites (N-methyl/N-ethyl adjacent to an activating group) is 1. The van der Waals surface area contributed by atoms with Gasteiger partial charge in [-0.2, -0.15) is 0 Å². The maximum absolute atomic E-state index is 12.7. The number of carbonyl (C=O) groups excluding carboxylic acids is 2. The molecule has 0 saturated carbocycles. The number of carbonyl (C=O) groups is 2. The lowest BCUT2D eigenvalue weighted by Crippen LogP contribution is -2.40. The SMILES string of the molecule is CCNC/C=C/C(=O)N1Cc2ncc(C(=O)Nc3ccccc3Cl)n2[C@H](C)C1. The van der Waals surface area contributed by atoms with Gasteiger partial charge in [-0.3, -0.25) is 9.59 Å². The highest BCUT2D eigenvalue weighted by Gasteiger charge is 2.29. The summed E-state index contributed by atoms with van der Waals surface area (Å²) in [5.74, 6) is 0.363. The predicted octanol–water partition coefficient (Wildman–Crippen LogP) is 2.86. The van der Waals surface area contributed by atoms with Gasteiger partial charge in [0.1, 0.15) is 11.5 Å². The van der Waals surface area contributed by atoms with Crippen LogP contribution in [0.2, 0.25) is 5.02 Å². The summed E-state index contributed by atoms with van der Waals surface area (Å²) >= 11 is 6.12. The second-order valence-electron chi connectivity index (χ2n) is 6.64. The maximum Gasteiger partial charge on any atom is 0.273 e. The molecule has 2 amide bonds. The normalized spacial score (nSPS) is 16.2. The number of fused-ring (bicyclic) bond motifs is 1. The van der Waals surface area contributed by atoms with Gasteiger partial charge in [-0.25, -0.2) is 4.98 Å². The fourth-order valence-electron chi connectivity index (χ4n) is 3.22. The number of benzene rings is 1. The summed E-state index contributed by atoms with van der Waals surface area (Å²) in [5, 5.41) is 6.44.